The Morgan fingerprint density at radius 2 is 2.10 bits per heavy atom. The van der Waals surface area contributed by atoms with Gasteiger partial charge in [-0.2, -0.15) is 0 Å². The molecular formula is C9H19N. The average molecular weight is 147 g/mol. The van der Waals surface area contributed by atoms with Gasteiger partial charge >= 0.3 is 0 Å². The van der Waals surface area contributed by atoms with Crippen LogP contribution in [0, 0.1) is 11.3 Å². The van der Waals surface area contributed by atoms with Crippen LogP contribution in [0.2, 0.25) is 0 Å². The lowest BCUT2D eigenvalue weighted by atomic mass is 9.76. The van der Waals surface area contributed by atoms with E-state index in [-0.39, 0.29) is 6.42 Å². The summed E-state index contributed by atoms with van der Waals surface area (Å²) < 4.78 is 46.3. The zero-order valence-electron chi connectivity index (χ0n) is 12.8. The molecule has 0 spiro atoms. The van der Waals surface area contributed by atoms with E-state index in [4.69, 9.17) is 8.22 Å². The Bertz CT molecular complexity index is 277. The molecule has 0 aliphatic carbocycles. The number of rotatable bonds is 0. The second-order valence-corrected chi connectivity index (χ2v) is 3.69. The van der Waals surface area contributed by atoms with Crippen LogP contribution in [0.5, 0.6) is 0 Å². The minimum absolute atomic E-state index is 0.0248. The lowest BCUT2D eigenvalue weighted by molar-refractivity contribution is 0.188. The van der Waals surface area contributed by atoms with Crippen molar-refractivity contribution in [1.29, 1.82) is 0 Å². The number of hydrogen-bond acceptors (Lipinski definition) is 1. The van der Waals surface area contributed by atoms with E-state index in [1.807, 2.05) is 20.8 Å². The topological polar surface area (TPSA) is 12.0 Å². The number of hydrogen-bond donors (Lipinski definition) is 1. The van der Waals surface area contributed by atoms with Crippen molar-refractivity contribution in [2.24, 2.45) is 11.3 Å². The van der Waals surface area contributed by atoms with Gasteiger partial charge in [0.2, 0.25) is 0 Å². The molecule has 1 N–H and O–H groups in total. The largest absolute Gasteiger partial charge is 0.317 e. The Morgan fingerprint density at radius 1 is 1.40 bits per heavy atom. The van der Waals surface area contributed by atoms with Crippen LogP contribution in [-0.4, -0.2) is 13.0 Å². The van der Waals surface area contributed by atoms with E-state index in [2.05, 4.69) is 5.32 Å². The van der Waals surface area contributed by atoms with Crippen molar-refractivity contribution in [2.75, 3.05) is 13.0 Å². The second kappa shape index (κ2) is 2.91. The molecule has 1 fully saturated rings. The van der Waals surface area contributed by atoms with Gasteiger partial charge in [0.1, 0.15) is 0 Å². The minimum atomic E-state index is -2.35. The second-order valence-electron chi connectivity index (χ2n) is 3.69. The van der Waals surface area contributed by atoms with E-state index < -0.39 is 30.7 Å². The van der Waals surface area contributed by atoms with Gasteiger partial charge in [0.05, 0.1) is 0 Å². The Morgan fingerprint density at radius 3 is 2.70 bits per heavy atom. The van der Waals surface area contributed by atoms with Gasteiger partial charge in [-0.3, -0.25) is 0 Å². The molecule has 0 aromatic rings. The van der Waals surface area contributed by atoms with Gasteiger partial charge in [-0.15, -0.1) is 0 Å². The first-order chi connectivity index (χ1) is 6.80. The van der Waals surface area contributed by atoms with Crippen molar-refractivity contribution >= 4 is 0 Å². The highest BCUT2D eigenvalue weighted by Crippen LogP contribution is 2.32. The van der Waals surface area contributed by atoms with Gasteiger partial charge < -0.3 is 5.32 Å². The van der Waals surface area contributed by atoms with Crippen molar-refractivity contribution < 1.29 is 8.22 Å². The molecule has 1 atom stereocenters. The summed E-state index contributed by atoms with van der Waals surface area (Å²) in [6.45, 7) is 1.21. The highest BCUT2D eigenvalue weighted by Gasteiger charge is 2.25. The molecule has 0 saturated carbocycles. The van der Waals surface area contributed by atoms with Crippen LogP contribution < -0.4 is 5.32 Å². The van der Waals surface area contributed by atoms with E-state index in [1.165, 1.54) is 0 Å². The molecule has 1 heterocycles. The number of piperidine rings is 1. The maximum Gasteiger partial charge on any atom is 0.0428 e. The summed E-state index contributed by atoms with van der Waals surface area (Å²) >= 11 is 0. The Labute approximate surface area is 72.6 Å². The molecule has 1 aliphatic heterocycles. The summed E-state index contributed by atoms with van der Waals surface area (Å²) in [5.74, 6) is -0.675. The van der Waals surface area contributed by atoms with Crippen LogP contribution >= 0.6 is 0 Å². The fourth-order valence-electron chi connectivity index (χ4n) is 0.894. The molecule has 0 radical (unpaired) electrons. The predicted molar refractivity (Wildman–Crippen MR) is 45.0 cm³/mol. The zero-order valence-corrected chi connectivity index (χ0v) is 6.78. The molecule has 1 nitrogen and oxygen atoms in total. The van der Waals surface area contributed by atoms with Crippen molar-refractivity contribution in [2.45, 2.75) is 33.6 Å². The fourth-order valence-corrected chi connectivity index (χ4v) is 0.894. The molecule has 0 aromatic carbocycles. The maximum absolute atomic E-state index is 7.88. The maximum atomic E-state index is 7.88. The quantitative estimate of drug-likeness (QED) is 0.553. The van der Waals surface area contributed by atoms with Gasteiger partial charge in [-0.1, -0.05) is 20.8 Å². The first kappa shape index (κ1) is 3.14. The van der Waals surface area contributed by atoms with E-state index in [0.717, 1.165) is 0 Å². The smallest absolute Gasteiger partial charge is 0.0428 e. The van der Waals surface area contributed by atoms with Crippen LogP contribution in [0.4, 0.5) is 0 Å². The van der Waals surface area contributed by atoms with Crippen LogP contribution in [0.3, 0.4) is 0 Å². The third kappa shape index (κ3) is 1.98. The average Bonchev–Trinajstić information content (AvgIpc) is 1.93. The molecule has 60 valence electrons. The SMILES string of the molecule is [2H]C1([2H])CC(C(C)(C)C)C([2H])([2H])C([2H])([2H])N1. The third-order valence-electron chi connectivity index (χ3n) is 1.75. The molecule has 0 amide bonds. The summed E-state index contributed by atoms with van der Waals surface area (Å²) in [7, 11) is 0. The van der Waals surface area contributed by atoms with Crippen molar-refractivity contribution in [3.05, 3.63) is 0 Å². The third-order valence-corrected chi connectivity index (χ3v) is 1.75. The fraction of sp³-hybridized carbons (Fsp3) is 1.00. The highest BCUT2D eigenvalue weighted by molar-refractivity contribution is 4.78. The van der Waals surface area contributed by atoms with Crippen LogP contribution in [0.15, 0.2) is 0 Å². The molecule has 0 bridgehead atoms. The summed E-state index contributed by atoms with van der Waals surface area (Å²) in [6.07, 6.45) is -2.11. The Hall–Kier alpha value is -0.0400. The molecule has 10 heavy (non-hydrogen) atoms. The summed E-state index contributed by atoms with van der Waals surface area (Å²) in [5.41, 5.74) is -0.480. The lowest BCUT2D eigenvalue weighted by Gasteiger charge is -2.34. The summed E-state index contributed by atoms with van der Waals surface area (Å²) in [5, 5.41) is 2.12. The van der Waals surface area contributed by atoms with Gasteiger partial charge in [-0.25, -0.2) is 0 Å². The lowest BCUT2D eigenvalue weighted by Crippen LogP contribution is -2.34. The predicted octanol–water partition coefficient (Wildman–Crippen LogP) is 2.03. The monoisotopic (exact) mass is 147 g/mol. The van der Waals surface area contributed by atoms with Crippen LogP contribution in [0.25, 0.3) is 0 Å². The normalized spacial score (nSPS) is 52.5. The molecule has 1 heteroatoms. The first-order valence-electron chi connectivity index (χ1n) is 6.59. The van der Waals surface area contributed by atoms with Crippen molar-refractivity contribution in [3.63, 3.8) is 0 Å². The van der Waals surface area contributed by atoms with Gasteiger partial charge in [0.25, 0.3) is 0 Å². The summed E-state index contributed by atoms with van der Waals surface area (Å²) in [4.78, 5) is 0. The standard InChI is InChI=1S/C9H19N/c1-9(2,3)8-4-6-10-7-5-8/h8,10H,4-7H2,1-3H3/i4D2,6D2,7D2. The minimum Gasteiger partial charge on any atom is -0.317 e. The van der Waals surface area contributed by atoms with Gasteiger partial charge in [0, 0.05) is 8.22 Å². The molecular weight excluding hydrogens is 122 g/mol. The van der Waals surface area contributed by atoms with E-state index >= 15 is 0 Å². The Balaban J connectivity index is 3.16. The molecule has 1 aliphatic rings. The van der Waals surface area contributed by atoms with Crippen molar-refractivity contribution in [3.8, 4) is 0 Å². The van der Waals surface area contributed by atoms with E-state index in [9.17, 15) is 0 Å². The van der Waals surface area contributed by atoms with Gasteiger partial charge in [-0.05, 0) is 37.1 Å². The molecule has 1 rings (SSSR count). The zero-order chi connectivity index (χ0) is 13.0. The van der Waals surface area contributed by atoms with Crippen LogP contribution in [0.1, 0.15) is 41.8 Å². The molecule has 1 unspecified atom stereocenters. The number of nitrogens with one attached hydrogen (secondary N) is 1. The highest BCUT2D eigenvalue weighted by atomic mass is 14.9. The van der Waals surface area contributed by atoms with Crippen molar-refractivity contribution in [1.82, 2.24) is 5.32 Å². The van der Waals surface area contributed by atoms with Gasteiger partial charge in [0.15, 0.2) is 0 Å². The molecule has 1 saturated heterocycles. The molecule has 0 aromatic heterocycles. The van der Waals surface area contributed by atoms with E-state index in [0.29, 0.717) is 0 Å². The Kier molecular flexibility index (Phi) is 0.914. The van der Waals surface area contributed by atoms with E-state index in [1.54, 1.807) is 0 Å². The first-order valence-corrected chi connectivity index (χ1v) is 3.59. The summed E-state index contributed by atoms with van der Waals surface area (Å²) in [6, 6.07) is 0. The van der Waals surface area contributed by atoms with Crippen LogP contribution in [-0.2, 0) is 0 Å².